The first-order valence-corrected chi connectivity index (χ1v) is 11.7. The van der Waals surface area contributed by atoms with Crippen molar-refractivity contribution in [1.29, 1.82) is 0 Å². The minimum absolute atomic E-state index is 0.610. The lowest BCUT2D eigenvalue weighted by atomic mass is 9.97. The van der Waals surface area contributed by atoms with Crippen LogP contribution in [0.3, 0.4) is 0 Å². The number of hydrogen-bond acceptors (Lipinski definition) is 5. The third-order valence-corrected chi connectivity index (χ3v) is 5.88. The van der Waals surface area contributed by atoms with E-state index in [1.54, 1.807) is 12.4 Å². The molecule has 3 heterocycles. The maximum absolute atomic E-state index is 4.92. The summed E-state index contributed by atoms with van der Waals surface area (Å²) >= 11 is 0. The molecular formula is C31H21N5. The Balaban J connectivity index is 1.58. The monoisotopic (exact) mass is 463 g/mol. The SMILES string of the molecule is c1ccc(-c2nc(-c3ccccc3)nc(-c3cc(-c4cccnc4)cc(-c4cccnc4)c3)n2)cc1. The van der Waals surface area contributed by atoms with Gasteiger partial charge in [0, 0.05) is 52.6 Å². The largest absolute Gasteiger partial charge is 0.264 e. The zero-order valence-electron chi connectivity index (χ0n) is 19.4. The molecule has 6 aromatic rings. The van der Waals surface area contributed by atoms with Gasteiger partial charge < -0.3 is 0 Å². The van der Waals surface area contributed by atoms with Crippen LogP contribution in [-0.4, -0.2) is 24.9 Å². The normalized spacial score (nSPS) is 10.8. The van der Waals surface area contributed by atoms with Crippen LogP contribution in [0.2, 0.25) is 0 Å². The molecule has 0 amide bonds. The quantitative estimate of drug-likeness (QED) is 0.275. The van der Waals surface area contributed by atoms with Crippen molar-refractivity contribution in [3.8, 4) is 56.4 Å². The highest BCUT2D eigenvalue weighted by Gasteiger charge is 2.14. The van der Waals surface area contributed by atoms with Crippen molar-refractivity contribution in [3.05, 3.63) is 128 Å². The third kappa shape index (κ3) is 4.50. The van der Waals surface area contributed by atoms with Gasteiger partial charge in [-0.05, 0) is 41.5 Å². The van der Waals surface area contributed by atoms with Crippen molar-refractivity contribution >= 4 is 0 Å². The number of hydrogen-bond donors (Lipinski definition) is 0. The summed E-state index contributed by atoms with van der Waals surface area (Å²) < 4.78 is 0. The predicted molar refractivity (Wildman–Crippen MR) is 143 cm³/mol. The van der Waals surface area contributed by atoms with Crippen LogP contribution in [0.15, 0.2) is 128 Å². The molecule has 0 aliphatic heterocycles. The lowest BCUT2D eigenvalue weighted by Gasteiger charge is -2.12. The molecule has 3 aromatic carbocycles. The van der Waals surface area contributed by atoms with E-state index in [9.17, 15) is 0 Å². The van der Waals surface area contributed by atoms with Gasteiger partial charge in [0.05, 0.1) is 0 Å². The molecule has 0 unspecified atom stereocenters. The number of aromatic nitrogens is 5. The summed E-state index contributed by atoms with van der Waals surface area (Å²) in [5.74, 6) is 1.88. The van der Waals surface area contributed by atoms with Gasteiger partial charge in [-0.25, -0.2) is 15.0 Å². The van der Waals surface area contributed by atoms with Crippen molar-refractivity contribution in [2.75, 3.05) is 0 Å². The Kier molecular flexibility index (Phi) is 5.78. The lowest BCUT2D eigenvalue weighted by molar-refractivity contribution is 1.07. The highest BCUT2D eigenvalue weighted by atomic mass is 15.0. The molecule has 0 spiro atoms. The molecule has 0 aliphatic carbocycles. The van der Waals surface area contributed by atoms with Crippen LogP contribution >= 0.6 is 0 Å². The molecule has 0 saturated heterocycles. The topological polar surface area (TPSA) is 64.5 Å². The van der Waals surface area contributed by atoms with Gasteiger partial charge in [-0.3, -0.25) is 9.97 Å². The van der Waals surface area contributed by atoms with E-state index in [2.05, 4.69) is 40.3 Å². The van der Waals surface area contributed by atoms with Crippen molar-refractivity contribution in [2.45, 2.75) is 0 Å². The van der Waals surface area contributed by atoms with E-state index < -0.39 is 0 Å². The molecule has 0 aliphatic rings. The molecule has 0 N–H and O–H groups in total. The van der Waals surface area contributed by atoms with Crippen molar-refractivity contribution in [3.63, 3.8) is 0 Å². The van der Waals surface area contributed by atoms with Gasteiger partial charge in [0.25, 0.3) is 0 Å². The summed E-state index contributed by atoms with van der Waals surface area (Å²) in [5.41, 5.74) is 6.87. The smallest absolute Gasteiger partial charge is 0.164 e. The third-order valence-electron chi connectivity index (χ3n) is 5.88. The van der Waals surface area contributed by atoms with E-state index in [-0.39, 0.29) is 0 Å². The first-order valence-electron chi connectivity index (χ1n) is 11.7. The second-order valence-electron chi connectivity index (χ2n) is 8.32. The van der Waals surface area contributed by atoms with Gasteiger partial charge in [-0.1, -0.05) is 72.8 Å². The Morgan fingerprint density at radius 1 is 0.333 bits per heavy atom. The minimum atomic E-state index is 0.610. The summed E-state index contributed by atoms with van der Waals surface area (Å²) in [7, 11) is 0. The van der Waals surface area contributed by atoms with Gasteiger partial charge in [0.2, 0.25) is 0 Å². The van der Waals surface area contributed by atoms with Crippen LogP contribution in [-0.2, 0) is 0 Å². The van der Waals surface area contributed by atoms with Gasteiger partial charge in [-0.2, -0.15) is 0 Å². The van der Waals surface area contributed by atoms with Crippen molar-refractivity contribution in [2.24, 2.45) is 0 Å². The van der Waals surface area contributed by atoms with E-state index in [0.717, 1.165) is 38.9 Å². The highest BCUT2D eigenvalue weighted by molar-refractivity contribution is 5.79. The molecule has 0 fully saturated rings. The Labute approximate surface area is 209 Å². The summed E-state index contributed by atoms with van der Waals surface area (Å²) in [5, 5.41) is 0. The lowest BCUT2D eigenvalue weighted by Crippen LogP contribution is -2.00. The maximum atomic E-state index is 4.92. The van der Waals surface area contributed by atoms with E-state index in [4.69, 9.17) is 15.0 Å². The fourth-order valence-electron chi connectivity index (χ4n) is 4.09. The number of rotatable bonds is 5. The zero-order valence-corrected chi connectivity index (χ0v) is 19.4. The molecule has 36 heavy (non-hydrogen) atoms. The van der Waals surface area contributed by atoms with Gasteiger partial charge in [0.1, 0.15) is 0 Å². The maximum Gasteiger partial charge on any atom is 0.164 e. The average Bonchev–Trinajstić information content (AvgIpc) is 2.98. The number of pyridine rings is 2. The van der Waals surface area contributed by atoms with Crippen LogP contribution in [0, 0.1) is 0 Å². The standard InChI is InChI=1S/C31H21N5/c1-3-9-22(10-4-1)29-34-30(23-11-5-2-6-12-23)36-31(35-29)28-18-26(24-13-7-15-32-20-24)17-27(19-28)25-14-8-16-33-21-25/h1-21H. The van der Waals surface area contributed by atoms with Gasteiger partial charge in [0.15, 0.2) is 17.5 Å². The predicted octanol–water partition coefficient (Wildman–Crippen LogP) is 7.00. The number of benzene rings is 3. The van der Waals surface area contributed by atoms with Crippen molar-refractivity contribution < 1.29 is 0 Å². The molecule has 5 heteroatoms. The van der Waals surface area contributed by atoms with Crippen LogP contribution in [0.1, 0.15) is 0 Å². The average molecular weight is 464 g/mol. The molecule has 3 aromatic heterocycles. The molecule has 0 bridgehead atoms. The fourth-order valence-corrected chi connectivity index (χ4v) is 4.09. The Morgan fingerprint density at radius 3 is 1.14 bits per heavy atom. The molecule has 0 radical (unpaired) electrons. The van der Waals surface area contributed by atoms with Gasteiger partial charge >= 0.3 is 0 Å². The van der Waals surface area contributed by atoms with E-state index in [1.165, 1.54) is 0 Å². The zero-order chi connectivity index (χ0) is 24.2. The molecule has 170 valence electrons. The Hall–Kier alpha value is -5.03. The molecule has 0 saturated carbocycles. The summed E-state index contributed by atoms with van der Waals surface area (Å²) in [6, 6.07) is 34.3. The van der Waals surface area contributed by atoms with Crippen LogP contribution in [0.5, 0.6) is 0 Å². The highest BCUT2D eigenvalue weighted by Crippen LogP contribution is 2.32. The Morgan fingerprint density at radius 2 is 0.722 bits per heavy atom. The summed E-state index contributed by atoms with van der Waals surface area (Å²) in [4.78, 5) is 23.3. The molecule has 5 nitrogen and oxygen atoms in total. The molecule has 6 rings (SSSR count). The first-order chi connectivity index (χ1) is 17.8. The van der Waals surface area contributed by atoms with Gasteiger partial charge in [-0.15, -0.1) is 0 Å². The summed E-state index contributed by atoms with van der Waals surface area (Å²) in [6.07, 6.45) is 7.29. The van der Waals surface area contributed by atoms with E-state index >= 15 is 0 Å². The van der Waals surface area contributed by atoms with Crippen LogP contribution < -0.4 is 0 Å². The summed E-state index contributed by atoms with van der Waals surface area (Å²) in [6.45, 7) is 0. The van der Waals surface area contributed by atoms with Crippen LogP contribution in [0.25, 0.3) is 56.4 Å². The van der Waals surface area contributed by atoms with E-state index in [0.29, 0.717) is 17.5 Å². The van der Waals surface area contributed by atoms with E-state index in [1.807, 2.05) is 85.2 Å². The molecular weight excluding hydrogens is 442 g/mol. The Bertz CT molecular complexity index is 1360. The second kappa shape index (κ2) is 9.68. The molecule has 0 atom stereocenters. The number of nitrogens with zero attached hydrogens (tertiary/aromatic N) is 5. The first kappa shape index (κ1) is 21.5. The second-order valence-corrected chi connectivity index (χ2v) is 8.32. The fraction of sp³-hybridized carbons (Fsp3) is 0. The minimum Gasteiger partial charge on any atom is -0.264 e. The van der Waals surface area contributed by atoms with Crippen molar-refractivity contribution in [1.82, 2.24) is 24.9 Å². The van der Waals surface area contributed by atoms with Crippen LogP contribution in [0.4, 0.5) is 0 Å².